The lowest BCUT2D eigenvalue weighted by atomic mass is 9.96. The first-order valence-electron chi connectivity index (χ1n) is 7.30. The molecule has 2 aliphatic rings. The van der Waals surface area contributed by atoms with E-state index in [0.29, 0.717) is 21.7 Å². The van der Waals surface area contributed by atoms with Gasteiger partial charge in [0, 0.05) is 16.6 Å². The zero-order valence-electron chi connectivity index (χ0n) is 11.9. The molecule has 1 aromatic rings. The zero-order valence-corrected chi connectivity index (χ0v) is 14.2. The number of hydrogen-bond acceptors (Lipinski definition) is 3. The van der Waals surface area contributed by atoms with Gasteiger partial charge in [-0.25, -0.2) is 0 Å². The van der Waals surface area contributed by atoms with Crippen LogP contribution in [0.15, 0.2) is 17.2 Å². The van der Waals surface area contributed by atoms with Crippen molar-refractivity contribution in [3.05, 3.63) is 27.7 Å². The molecule has 2 aliphatic carbocycles. The van der Waals surface area contributed by atoms with Crippen molar-refractivity contribution in [2.45, 2.75) is 31.7 Å². The summed E-state index contributed by atoms with van der Waals surface area (Å²) in [7, 11) is 0. The molecule has 0 saturated heterocycles. The van der Waals surface area contributed by atoms with Crippen LogP contribution in [0.4, 0.5) is 0 Å². The van der Waals surface area contributed by atoms with Gasteiger partial charge in [-0.2, -0.15) is 5.10 Å². The second-order valence-electron chi connectivity index (χ2n) is 5.95. The summed E-state index contributed by atoms with van der Waals surface area (Å²) in [6.45, 7) is 0. The van der Waals surface area contributed by atoms with Gasteiger partial charge in [0.1, 0.15) is 5.75 Å². The Hall–Kier alpha value is -1.04. The van der Waals surface area contributed by atoms with Crippen LogP contribution in [0.2, 0.25) is 10.0 Å². The molecule has 0 aliphatic heterocycles. The van der Waals surface area contributed by atoms with Crippen molar-refractivity contribution in [1.82, 2.24) is 10.7 Å². The molecular weight excluding hydrogens is 341 g/mol. The van der Waals surface area contributed by atoms with Crippen LogP contribution < -0.4 is 10.7 Å². The highest BCUT2D eigenvalue weighted by molar-refractivity contribution is 7.80. The number of hydrogen-bond donors (Lipinski definition) is 3. The fourth-order valence-electron chi connectivity index (χ4n) is 3.47. The highest BCUT2D eigenvalue weighted by atomic mass is 35.5. The van der Waals surface area contributed by atoms with E-state index in [1.165, 1.54) is 38.0 Å². The predicted octanol–water partition coefficient (Wildman–Crippen LogP) is 3.69. The average Bonchev–Trinajstić information content (AvgIpc) is 3.06. The Morgan fingerprint density at radius 3 is 2.82 bits per heavy atom. The molecule has 7 heteroatoms. The maximum atomic E-state index is 9.83. The number of nitrogens with one attached hydrogen (secondary N) is 2. The van der Waals surface area contributed by atoms with Crippen molar-refractivity contribution in [3.8, 4) is 5.75 Å². The van der Waals surface area contributed by atoms with Gasteiger partial charge < -0.3 is 10.4 Å². The van der Waals surface area contributed by atoms with Gasteiger partial charge in [0.25, 0.3) is 0 Å². The first-order chi connectivity index (χ1) is 10.5. The summed E-state index contributed by atoms with van der Waals surface area (Å²) >= 11 is 17.0. The minimum absolute atomic E-state index is 0.0522. The average molecular weight is 358 g/mol. The summed E-state index contributed by atoms with van der Waals surface area (Å²) in [5.41, 5.74) is 3.21. The molecule has 4 nitrogen and oxygen atoms in total. The van der Waals surface area contributed by atoms with Gasteiger partial charge in [0.05, 0.1) is 11.2 Å². The lowest BCUT2D eigenvalue weighted by molar-refractivity contribution is 0.389. The standard InChI is InChI=1S/C15H17Cl2N3OS/c16-11-5-10(14(21)12(17)6-11)7-18-20-15(22)19-13-4-8-1-2-9(13)3-8/h5-9,13,21H,1-4H2,(H2,19,20,22)/b18-7-. The molecule has 22 heavy (non-hydrogen) atoms. The number of aromatic hydroxyl groups is 1. The minimum atomic E-state index is -0.0522. The number of hydrazone groups is 1. The number of halogens is 2. The van der Waals surface area contributed by atoms with E-state index in [-0.39, 0.29) is 10.8 Å². The smallest absolute Gasteiger partial charge is 0.187 e. The van der Waals surface area contributed by atoms with E-state index in [1.54, 1.807) is 6.07 Å². The largest absolute Gasteiger partial charge is 0.506 e. The van der Waals surface area contributed by atoms with Gasteiger partial charge >= 0.3 is 0 Å². The van der Waals surface area contributed by atoms with Crippen LogP contribution in [0.3, 0.4) is 0 Å². The molecule has 1 aromatic carbocycles. The Balaban J connectivity index is 1.55. The molecule has 2 fully saturated rings. The predicted molar refractivity (Wildman–Crippen MR) is 93.8 cm³/mol. The maximum absolute atomic E-state index is 9.83. The highest BCUT2D eigenvalue weighted by Crippen LogP contribution is 2.44. The maximum Gasteiger partial charge on any atom is 0.187 e. The number of benzene rings is 1. The lowest BCUT2D eigenvalue weighted by Crippen LogP contribution is -2.42. The third-order valence-corrected chi connectivity index (χ3v) is 5.20. The summed E-state index contributed by atoms with van der Waals surface area (Å²) in [5, 5.41) is 18.3. The number of rotatable bonds is 3. The van der Waals surface area contributed by atoms with Gasteiger partial charge in [0.2, 0.25) is 0 Å². The van der Waals surface area contributed by atoms with E-state index in [9.17, 15) is 5.11 Å². The number of phenols is 1. The second-order valence-corrected chi connectivity index (χ2v) is 7.20. The van der Waals surface area contributed by atoms with Crippen LogP contribution in [0.5, 0.6) is 5.75 Å². The van der Waals surface area contributed by atoms with E-state index in [2.05, 4.69) is 15.8 Å². The Kier molecular flexibility index (Phi) is 4.76. The molecule has 2 bridgehead atoms. The summed E-state index contributed by atoms with van der Waals surface area (Å²) in [6, 6.07) is 3.52. The Labute approximate surface area is 144 Å². The summed E-state index contributed by atoms with van der Waals surface area (Å²) in [4.78, 5) is 0. The molecular formula is C15H17Cl2N3OS. The lowest BCUT2D eigenvalue weighted by Gasteiger charge is -2.23. The molecule has 0 heterocycles. The Morgan fingerprint density at radius 2 is 2.14 bits per heavy atom. The van der Waals surface area contributed by atoms with E-state index >= 15 is 0 Å². The number of thiocarbonyl (C=S) groups is 1. The van der Waals surface area contributed by atoms with E-state index in [4.69, 9.17) is 35.4 Å². The van der Waals surface area contributed by atoms with E-state index in [1.807, 2.05) is 0 Å². The SMILES string of the molecule is Oc1c(Cl)cc(Cl)cc1/C=N\NC(=S)NC1CC2CCC1C2. The summed E-state index contributed by atoms with van der Waals surface area (Å²) in [6.07, 6.45) is 6.61. The van der Waals surface area contributed by atoms with E-state index < -0.39 is 0 Å². The van der Waals surface area contributed by atoms with Crippen LogP contribution in [-0.2, 0) is 0 Å². The molecule has 3 atom stereocenters. The van der Waals surface area contributed by atoms with Crippen LogP contribution >= 0.6 is 35.4 Å². The van der Waals surface area contributed by atoms with Gasteiger partial charge in [0.15, 0.2) is 5.11 Å². The quantitative estimate of drug-likeness (QED) is 0.438. The molecule has 3 rings (SSSR count). The number of fused-ring (bicyclic) bond motifs is 2. The minimum Gasteiger partial charge on any atom is -0.506 e. The summed E-state index contributed by atoms with van der Waals surface area (Å²) < 4.78 is 0. The van der Waals surface area contributed by atoms with E-state index in [0.717, 1.165) is 11.8 Å². The van der Waals surface area contributed by atoms with Crippen molar-refractivity contribution in [3.63, 3.8) is 0 Å². The third-order valence-electron chi connectivity index (χ3n) is 4.48. The van der Waals surface area contributed by atoms with Crippen LogP contribution in [0, 0.1) is 11.8 Å². The molecule has 2 saturated carbocycles. The molecule has 0 aromatic heterocycles. The molecule has 0 spiro atoms. The fraction of sp³-hybridized carbons (Fsp3) is 0.467. The van der Waals surface area contributed by atoms with Crippen LogP contribution in [0.25, 0.3) is 0 Å². The first kappa shape index (κ1) is 15.8. The highest BCUT2D eigenvalue weighted by Gasteiger charge is 2.39. The topological polar surface area (TPSA) is 56.7 Å². The molecule has 3 unspecified atom stereocenters. The third kappa shape index (κ3) is 3.47. The van der Waals surface area contributed by atoms with Crippen molar-refractivity contribution in [2.75, 3.05) is 0 Å². The molecule has 118 valence electrons. The van der Waals surface area contributed by atoms with Gasteiger partial charge in [-0.05, 0) is 55.4 Å². The van der Waals surface area contributed by atoms with Gasteiger partial charge in [-0.1, -0.05) is 29.6 Å². The Bertz CT molecular complexity index is 623. The second kappa shape index (κ2) is 6.60. The molecule has 3 N–H and O–H groups in total. The molecule has 0 amide bonds. The van der Waals surface area contributed by atoms with Crippen LogP contribution in [0.1, 0.15) is 31.2 Å². The summed E-state index contributed by atoms with van der Waals surface area (Å²) in [5.74, 6) is 1.55. The van der Waals surface area contributed by atoms with Gasteiger partial charge in [-0.15, -0.1) is 0 Å². The van der Waals surface area contributed by atoms with Crippen molar-refractivity contribution in [1.29, 1.82) is 0 Å². The van der Waals surface area contributed by atoms with Gasteiger partial charge in [-0.3, -0.25) is 5.43 Å². The normalized spacial score (nSPS) is 26.5. The number of nitrogens with zero attached hydrogens (tertiary/aromatic N) is 1. The fourth-order valence-corrected chi connectivity index (χ4v) is 4.18. The van der Waals surface area contributed by atoms with Crippen molar-refractivity contribution < 1.29 is 5.11 Å². The van der Waals surface area contributed by atoms with Crippen molar-refractivity contribution >= 4 is 46.7 Å². The number of phenolic OH excluding ortho intramolecular Hbond substituents is 1. The monoisotopic (exact) mass is 357 g/mol. The molecule has 0 radical (unpaired) electrons. The first-order valence-corrected chi connectivity index (χ1v) is 8.47. The van der Waals surface area contributed by atoms with Crippen LogP contribution in [-0.4, -0.2) is 22.5 Å². The van der Waals surface area contributed by atoms with Crippen molar-refractivity contribution in [2.24, 2.45) is 16.9 Å². The Morgan fingerprint density at radius 1 is 1.32 bits per heavy atom. The zero-order chi connectivity index (χ0) is 15.7.